The molecule has 0 bridgehead atoms. The molecule has 1 rings (SSSR count). The Labute approximate surface area is 98.7 Å². The molecule has 0 saturated heterocycles. The third-order valence-corrected chi connectivity index (χ3v) is 2.90. The Hall–Kier alpha value is -0.930. The largest absolute Gasteiger partial charge is 0.329 e. The Morgan fingerprint density at radius 1 is 1.38 bits per heavy atom. The van der Waals surface area contributed by atoms with E-state index in [1.165, 1.54) is 19.3 Å². The number of hydrogen-bond donors (Lipinski definition) is 1. The molecule has 16 heavy (non-hydrogen) atoms. The van der Waals surface area contributed by atoms with E-state index in [1.54, 1.807) is 0 Å². The van der Waals surface area contributed by atoms with Crippen LogP contribution in [0, 0.1) is 0 Å². The van der Waals surface area contributed by atoms with Gasteiger partial charge in [-0.2, -0.15) is 0 Å². The molecular formula is C13H23N3. The number of pyridine rings is 1. The minimum atomic E-state index is 0.248. The minimum Gasteiger partial charge on any atom is -0.329 e. The second-order valence-electron chi connectivity index (χ2n) is 4.19. The van der Waals surface area contributed by atoms with Crippen molar-refractivity contribution in [3.8, 4) is 0 Å². The summed E-state index contributed by atoms with van der Waals surface area (Å²) in [5.74, 6) is 0. The molecule has 1 heterocycles. The molecule has 3 heteroatoms. The zero-order valence-electron chi connectivity index (χ0n) is 10.4. The predicted octanol–water partition coefficient (Wildman–Crippen LogP) is 2.20. The molecule has 2 N–H and O–H groups in total. The van der Waals surface area contributed by atoms with Gasteiger partial charge in [-0.15, -0.1) is 0 Å². The molecule has 1 aromatic heterocycles. The van der Waals surface area contributed by atoms with Gasteiger partial charge in [-0.1, -0.05) is 25.8 Å². The standard InChI is InChI=1S/C13H23N3/c1-3-4-7-10-16(2)13(11-14)12-8-5-6-9-15-12/h5-6,8-9,13H,3-4,7,10-11,14H2,1-2H3. The highest BCUT2D eigenvalue weighted by Crippen LogP contribution is 2.15. The van der Waals surface area contributed by atoms with Crippen LogP contribution in [0.15, 0.2) is 24.4 Å². The van der Waals surface area contributed by atoms with Gasteiger partial charge in [-0.3, -0.25) is 9.88 Å². The van der Waals surface area contributed by atoms with Gasteiger partial charge >= 0.3 is 0 Å². The van der Waals surface area contributed by atoms with E-state index in [0.717, 1.165) is 12.2 Å². The maximum Gasteiger partial charge on any atom is 0.0642 e. The summed E-state index contributed by atoms with van der Waals surface area (Å²) in [5, 5.41) is 0. The van der Waals surface area contributed by atoms with Crippen LogP contribution in [-0.4, -0.2) is 30.0 Å². The molecule has 0 saturated carbocycles. The Morgan fingerprint density at radius 3 is 2.75 bits per heavy atom. The third kappa shape index (κ3) is 3.91. The van der Waals surface area contributed by atoms with Crippen molar-refractivity contribution in [2.45, 2.75) is 32.2 Å². The van der Waals surface area contributed by atoms with E-state index in [1.807, 2.05) is 24.4 Å². The molecule has 90 valence electrons. The van der Waals surface area contributed by atoms with Gasteiger partial charge in [-0.25, -0.2) is 0 Å². The summed E-state index contributed by atoms with van der Waals surface area (Å²) in [6, 6.07) is 6.26. The van der Waals surface area contributed by atoms with Crippen molar-refractivity contribution in [3.63, 3.8) is 0 Å². The molecule has 1 aromatic rings. The topological polar surface area (TPSA) is 42.1 Å². The lowest BCUT2D eigenvalue weighted by Gasteiger charge is -2.26. The highest BCUT2D eigenvalue weighted by Gasteiger charge is 2.15. The highest BCUT2D eigenvalue weighted by molar-refractivity contribution is 5.09. The molecule has 0 aliphatic rings. The van der Waals surface area contributed by atoms with Crippen molar-refractivity contribution in [3.05, 3.63) is 30.1 Å². The van der Waals surface area contributed by atoms with Gasteiger partial charge in [-0.05, 0) is 32.1 Å². The van der Waals surface area contributed by atoms with E-state index < -0.39 is 0 Å². The van der Waals surface area contributed by atoms with Gasteiger partial charge in [0.2, 0.25) is 0 Å². The molecule has 1 atom stereocenters. The summed E-state index contributed by atoms with van der Waals surface area (Å²) in [7, 11) is 2.13. The first-order chi connectivity index (χ1) is 7.79. The average Bonchev–Trinajstić information content (AvgIpc) is 2.32. The van der Waals surface area contributed by atoms with Crippen molar-refractivity contribution >= 4 is 0 Å². The SMILES string of the molecule is CCCCCN(C)C(CN)c1ccccn1. The van der Waals surface area contributed by atoms with E-state index in [9.17, 15) is 0 Å². The van der Waals surface area contributed by atoms with E-state index in [0.29, 0.717) is 6.54 Å². The molecular weight excluding hydrogens is 198 g/mol. The van der Waals surface area contributed by atoms with E-state index >= 15 is 0 Å². The lowest BCUT2D eigenvalue weighted by atomic mass is 10.1. The summed E-state index contributed by atoms with van der Waals surface area (Å²) < 4.78 is 0. The number of aromatic nitrogens is 1. The number of nitrogens with zero attached hydrogens (tertiary/aromatic N) is 2. The molecule has 0 spiro atoms. The molecule has 0 amide bonds. The quantitative estimate of drug-likeness (QED) is 0.718. The second kappa shape index (κ2) is 7.36. The third-order valence-electron chi connectivity index (χ3n) is 2.90. The zero-order chi connectivity index (χ0) is 11.8. The fourth-order valence-electron chi connectivity index (χ4n) is 1.87. The number of rotatable bonds is 7. The molecule has 0 aliphatic heterocycles. The summed E-state index contributed by atoms with van der Waals surface area (Å²) >= 11 is 0. The summed E-state index contributed by atoms with van der Waals surface area (Å²) in [6.07, 6.45) is 5.60. The van der Waals surface area contributed by atoms with Crippen molar-refractivity contribution in [2.24, 2.45) is 5.73 Å². The van der Waals surface area contributed by atoms with Gasteiger partial charge in [0.15, 0.2) is 0 Å². The minimum absolute atomic E-state index is 0.248. The van der Waals surface area contributed by atoms with Crippen molar-refractivity contribution in [1.29, 1.82) is 0 Å². The number of nitrogens with two attached hydrogens (primary N) is 1. The molecule has 3 nitrogen and oxygen atoms in total. The lowest BCUT2D eigenvalue weighted by Crippen LogP contribution is -2.31. The maximum atomic E-state index is 5.83. The number of likely N-dealkylation sites (N-methyl/N-ethyl adjacent to an activating group) is 1. The Bertz CT molecular complexity index is 274. The van der Waals surface area contributed by atoms with Crippen LogP contribution in [0.4, 0.5) is 0 Å². The van der Waals surface area contributed by atoms with Crippen molar-refractivity contribution < 1.29 is 0 Å². The van der Waals surface area contributed by atoms with Crippen molar-refractivity contribution in [1.82, 2.24) is 9.88 Å². The monoisotopic (exact) mass is 221 g/mol. The van der Waals surface area contributed by atoms with Crippen LogP contribution in [-0.2, 0) is 0 Å². The van der Waals surface area contributed by atoms with Gasteiger partial charge < -0.3 is 5.73 Å². The fraction of sp³-hybridized carbons (Fsp3) is 0.615. The Kier molecular flexibility index (Phi) is 6.04. The fourth-order valence-corrected chi connectivity index (χ4v) is 1.87. The smallest absolute Gasteiger partial charge is 0.0642 e. The van der Waals surface area contributed by atoms with Gasteiger partial charge in [0.1, 0.15) is 0 Å². The van der Waals surface area contributed by atoms with Crippen molar-refractivity contribution in [2.75, 3.05) is 20.1 Å². The Balaban J connectivity index is 2.53. The summed E-state index contributed by atoms with van der Waals surface area (Å²) in [4.78, 5) is 6.68. The van der Waals surface area contributed by atoms with E-state index in [4.69, 9.17) is 5.73 Å². The first-order valence-electron chi connectivity index (χ1n) is 6.10. The molecule has 0 radical (unpaired) electrons. The van der Waals surface area contributed by atoms with Crippen LogP contribution in [0.5, 0.6) is 0 Å². The van der Waals surface area contributed by atoms with Gasteiger partial charge in [0.05, 0.1) is 11.7 Å². The first kappa shape index (κ1) is 13.1. The van der Waals surface area contributed by atoms with Gasteiger partial charge in [0.25, 0.3) is 0 Å². The van der Waals surface area contributed by atoms with Crippen LogP contribution in [0.1, 0.15) is 37.9 Å². The first-order valence-corrected chi connectivity index (χ1v) is 6.10. The van der Waals surface area contributed by atoms with E-state index in [-0.39, 0.29) is 6.04 Å². The highest BCUT2D eigenvalue weighted by atomic mass is 15.1. The van der Waals surface area contributed by atoms with Crippen LogP contribution < -0.4 is 5.73 Å². The molecule has 0 aliphatic carbocycles. The summed E-state index contributed by atoms with van der Waals surface area (Å²) in [6.45, 7) is 3.94. The molecule has 1 unspecified atom stereocenters. The zero-order valence-corrected chi connectivity index (χ0v) is 10.4. The predicted molar refractivity (Wildman–Crippen MR) is 68.2 cm³/mol. The second-order valence-corrected chi connectivity index (χ2v) is 4.19. The van der Waals surface area contributed by atoms with Gasteiger partial charge in [0, 0.05) is 12.7 Å². The number of unbranched alkanes of at least 4 members (excludes halogenated alkanes) is 2. The maximum absolute atomic E-state index is 5.83. The molecule has 0 fully saturated rings. The normalized spacial score (nSPS) is 13.0. The summed E-state index contributed by atoms with van der Waals surface area (Å²) in [5.41, 5.74) is 6.90. The van der Waals surface area contributed by atoms with Crippen LogP contribution in [0.25, 0.3) is 0 Å². The lowest BCUT2D eigenvalue weighted by molar-refractivity contribution is 0.241. The number of hydrogen-bond acceptors (Lipinski definition) is 3. The van der Waals surface area contributed by atoms with E-state index in [2.05, 4.69) is 23.9 Å². The van der Waals surface area contributed by atoms with Crippen LogP contribution in [0.3, 0.4) is 0 Å². The average molecular weight is 221 g/mol. The van der Waals surface area contributed by atoms with Crippen LogP contribution in [0.2, 0.25) is 0 Å². The molecule has 0 aromatic carbocycles. The van der Waals surface area contributed by atoms with Crippen LogP contribution >= 0.6 is 0 Å². The Morgan fingerprint density at radius 2 is 2.19 bits per heavy atom.